The van der Waals surface area contributed by atoms with Crippen LogP contribution in [0.5, 0.6) is 0 Å². The summed E-state index contributed by atoms with van der Waals surface area (Å²) in [5.74, 6) is 0. The lowest BCUT2D eigenvalue weighted by Crippen LogP contribution is -2.53. The van der Waals surface area contributed by atoms with Gasteiger partial charge in [0.15, 0.2) is 0 Å². The predicted molar refractivity (Wildman–Crippen MR) is 60.8 cm³/mol. The summed E-state index contributed by atoms with van der Waals surface area (Å²) < 4.78 is 0. The van der Waals surface area contributed by atoms with Gasteiger partial charge in [0.2, 0.25) is 0 Å². The first kappa shape index (κ1) is 12.9. The summed E-state index contributed by atoms with van der Waals surface area (Å²) in [6.45, 7) is 8.11. The monoisotopic (exact) mass is 216 g/mol. The van der Waals surface area contributed by atoms with Crippen LogP contribution < -0.4 is 0 Å². The second-order valence-corrected chi connectivity index (χ2v) is 5.19. The molecule has 1 heterocycles. The van der Waals surface area contributed by atoms with E-state index in [9.17, 15) is 10.2 Å². The van der Waals surface area contributed by atoms with Crippen LogP contribution >= 0.6 is 0 Å². The van der Waals surface area contributed by atoms with Crippen molar-refractivity contribution in [2.75, 3.05) is 46.4 Å². The van der Waals surface area contributed by atoms with Crippen LogP contribution in [-0.4, -0.2) is 72.5 Å². The molecule has 0 aromatic rings. The van der Waals surface area contributed by atoms with E-state index in [1.807, 2.05) is 6.92 Å². The second kappa shape index (κ2) is 5.25. The number of piperazine rings is 1. The third-order valence-corrected chi connectivity index (χ3v) is 3.41. The molecule has 0 radical (unpaired) electrons. The lowest BCUT2D eigenvalue weighted by molar-refractivity contribution is 0.0111. The molecule has 1 aliphatic heterocycles. The summed E-state index contributed by atoms with van der Waals surface area (Å²) in [4.78, 5) is 4.67. The number of aliphatic hydroxyl groups excluding tert-OH is 2. The molecule has 0 saturated carbocycles. The molecule has 4 heteroatoms. The molecule has 4 nitrogen and oxygen atoms in total. The fraction of sp³-hybridized carbons (Fsp3) is 1.00. The fourth-order valence-corrected chi connectivity index (χ4v) is 1.96. The first-order chi connectivity index (χ1) is 7.00. The summed E-state index contributed by atoms with van der Waals surface area (Å²) >= 11 is 0. The Bertz CT molecular complexity index is 195. The Labute approximate surface area is 92.5 Å². The highest BCUT2D eigenvalue weighted by Crippen LogP contribution is 2.18. The molecule has 0 aromatic carbocycles. The SMILES string of the molecule is CC1CN(CC(C)(CO)CO)CCN1C. The minimum absolute atomic E-state index is 0.0459. The highest BCUT2D eigenvalue weighted by molar-refractivity contribution is 4.82. The predicted octanol–water partition coefficient (Wildman–Crippen LogP) is -0.387. The summed E-state index contributed by atoms with van der Waals surface area (Å²) in [6, 6.07) is 0.556. The Morgan fingerprint density at radius 2 is 1.87 bits per heavy atom. The van der Waals surface area contributed by atoms with Gasteiger partial charge in [0.05, 0.1) is 13.2 Å². The van der Waals surface area contributed by atoms with Gasteiger partial charge in [0, 0.05) is 37.6 Å². The smallest absolute Gasteiger partial charge is 0.0519 e. The maximum atomic E-state index is 9.24. The van der Waals surface area contributed by atoms with Gasteiger partial charge in [0.1, 0.15) is 0 Å². The molecule has 1 unspecified atom stereocenters. The molecule has 2 N–H and O–H groups in total. The van der Waals surface area contributed by atoms with Crippen LogP contribution in [0, 0.1) is 5.41 Å². The average Bonchev–Trinajstić information content (AvgIpc) is 2.23. The van der Waals surface area contributed by atoms with Crippen LogP contribution in [0.25, 0.3) is 0 Å². The van der Waals surface area contributed by atoms with Gasteiger partial charge in [-0.2, -0.15) is 0 Å². The van der Waals surface area contributed by atoms with Gasteiger partial charge in [-0.05, 0) is 14.0 Å². The van der Waals surface area contributed by atoms with E-state index in [1.54, 1.807) is 0 Å². The van der Waals surface area contributed by atoms with Crippen molar-refractivity contribution in [1.29, 1.82) is 0 Å². The molecule has 0 bridgehead atoms. The van der Waals surface area contributed by atoms with Crippen molar-refractivity contribution in [3.8, 4) is 0 Å². The van der Waals surface area contributed by atoms with Gasteiger partial charge >= 0.3 is 0 Å². The van der Waals surface area contributed by atoms with E-state index in [0.29, 0.717) is 6.04 Å². The molecule has 1 saturated heterocycles. The maximum Gasteiger partial charge on any atom is 0.0519 e. The number of hydrogen-bond acceptors (Lipinski definition) is 4. The first-order valence-corrected chi connectivity index (χ1v) is 5.65. The minimum atomic E-state index is -0.365. The molecule has 1 aliphatic rings. The normalized spacial score (nSPS) is 25.8. The Morgan fingerprint density at radius 3 is 2.33 bits per heavy atom. The average molecular weight is 216 g/mol. The fourth-order valence-electron chi connectivity index (χ4n) is 1.96. The molecule has 1 atom stereocenters. The molecular weight excluding hydrogens is 192 g/mol. The van der Waals surface area contributed by atoms with Crippen molar-refractivity contribution < 1.29 is 10.2 Å². The Hall–Kier alpha value is -0.160. The first-order valence-electron chi connectivity index (χ1n) is 5.65. The summed E-state index contributed by atoms with van der Waals surface area (Å²) in [7, 11) is 2.14. The third-order valence-electron chi connectivity index (χ3n) is 3.41. The van der Waals surface area contributed by atoms with Gasteiger partial charge in [-0.1, -0.05) is 6.92 Å². The van der Waals surface area contributed by atoms with Crippen molar-refractivity contribution in [3.05, 3.63) is 0 Å². The van der Waals surface area contributed by atoms with Crippen LogP contribution in [0.15, 0.2) is 0 Å². The number of hydrogen-bond donors (Lipinski definition) is 2. The Kier molecular flexibility index (Phi) is 4.52. The molecular formula is C11H24N2O2. The van der Waals surface area contributed by atoms with Crippen molar-refractivity contribution in [2.24, 2.45) is 5.41 Å². The molecule has 15 heavy (non-hydrogen) atoms. The highest BCUT2D eigenvalue weighted by atomic mass is 16.3. The van der Waals surface area contributed by atoms with Gasteiger partial charge in [0.25, 0.3) is 0 Å². The number of rotatable bonds is 4. The van der Waals surface area contributed by atoms with Crippen molar-refractivity contribution >= 4 is 0 Å². The van der Waals surface area contributed by atoms with Gasteiger partial charge in [-0.3, -0.25) is 4.90 Å². The third kappa shape index (κ3) is 3.41. The highest BCUT2D eigenvalue weighted by Gasteiger charge is 2.29. The number of likely N-dealkylation sites (N-methyl/N-ethyl adjacent to an activating group) is 1. The molecule has 90 valence electrons. The molecule has 0 aromatic heterocycles. The molecule has 0 aliphatic carbocycles. The van der Waals surface area contributed by atoms with Crippen LogP contribution in [0.4, 0.5) is 0 Å². The van der Waals surface area contributed by atoms with Crippen molar-refractivity contribution in [3.63, 3.8) is 0 Å². The molecule has 0 spiro atoms. The van der Waals surface area contributed by atoms with E-state index >= 15 is 0 Å². The number of aliphatic hydroxyl groups is 2. The van der Waals surface area contributed by atoms with Crippen molar-refractivity contribution in [2.45, 2.75) is 19.9 Å². The molecule has 0 amide bonds. The van der Waals surface area contributed by atoms with E-state index in [1.165, 1.54) is 0 Å². The van der Waals surface area contributed by atoms with Crippen LogP contribution in [-0.2, 0) is 0 Å². The van der Waals surface area contributed by atoms with E-state index in [4.69, 9.17) is 0 Å². The minimum Gasteiger partial charge on any atom is -0.396 e. The zero-order valence-corrected chi connectivity index (χ0v) is 10.1. The lowest BCUT2D eigenvalue weighted by Gasteiger charge is -2.41. The topological polar surface area (TPSA) is 46.9 Å². The van der Waals surface area contributed by atoms with E-state index < -0.39 is 0 Å². The Morgan fingerprint density at radius 1 is 1.27 bits per heavy atom. The zero-order chi connectivity index (χ0) is 11.5. The summed E-state index contributed by atoms with van der Waals surface area (Å²) in [6.07, 6.45) is 0. The van der Waals surface area contributed by atoms with Gasteiger partial charge in [-0.15, -0.1) is 0 Å². The second-order valence-electron chi connectivity index (χ2n) is 5.19. The van der Waals surface area contributed by atoms with Crippen molar-refractivity contribution in [1.82, 2.24) is 9.80 Å². The quantitative estimate of drug-likeness (QED) is 0.672. The van der Waals surface area contributed by atoms with Crippen LogP contribution in [0.3, 0.4) is 0 Å². The zero-order valence-electron chi connectivity index (χ0n) is 10.1. The summed E-state index contributed by atoms with van der Waals surface area (Å²) in [5, 5.41) is 18.5. The molecule has 1 rings (SSSR count). The van der Waals surface area contributed by atoms with Crippen LogP contribution in [0.2, 0.25) is 0 Å². The van der Waals surface area contributed by atoms with E-state index in [-0.39, 0.29) is 18.6 Å². The largest absolute Gasteiger partial charge is 0.396 e. The number of nitrogens with zero attached hydrogens (tertiary/aromatic N) is 2. The Balaban J connectivity index is 2.45. The van der Waals surface area contributed by atoms with Crippen LogP contribution in [0.1, 0.15) is 13.8 Å². The van der Waals surface area contributed by atoms with Gasteiger partial charge < -0.3 is 15.1 Å². The standard InChI is InChI=1S/C11H24N2O2/c1-10-6-13(5-4-12(10)3)7-11(2,8-14)9-15/h10,14-15H,4-9H2,1-3H3. The maximum absolute atomic E-state index is 9.24. The molecule has 1 fully saturated rings. The van der Waals surface area contributed by atoms with Gasteiger partial charge in [-0.25, -0.2) is 0 Å². The van der Waals surface area contributed by atoms with E-state index in [2.05, 4.69) is 23.8 Å². The summed E-state index contributed by atoms with van der Waals surface area (Å²) in [5.41, 5.74) is -0.365. The van der Waals surface area contributed by atoms with E-state index in [0.717, 1.165) is 26.2 Å². The lowest BCUT2D eigenvalue weighted by atomic mass is 9.92.